The number of rotatable bonds is 16. The van der Waals surface area contributed by atoms with Gasteiger partial charge in [0.2, 0.25) is 0 Å². The predicted octanol–water partition coefficient (Wildman–Crippen LogP) is 10.8. The first-order valence-corrected chi connectivity index (χ1v) is 25.7. The van der Waals surface area contributed by atoms with E-state index < -0.39 is 11.9 Å². The second kappa shape index (κ2) is 32.1. The third-order valence-corrected chi connectivity index (χ3v) is 15.2. The molecule has 4 radical (unpaired) electrons. The van der Waals surface area contributed by atoms with Crippen LogP contribution in [0.25, 0.3) is 21.5 Å². The van der Waals surface area contributed by atoms with Gasteiger partial charge < -0.3 is 15.3 Å². The normalized spacial score (nSPS) is 9.88. The van der Waals surface area contributed by atoms with Crippen molar-refractivity contribution in [1.29, 1.82) is 0 Å². The van der Waals surface area contributed by atoms with Crippen molar-refractivity contribution in [3.05, 3.63) is 96.1 Å². The van der Waals surface area contributed by atoms with Crippen molar-refractivity contribution in [3.63, 3.8) is 0 Å². The zero-order valence-corrected chi connectivity index (χ0v) is 35.8. The van der Waals surface area contributed by atoms with Gasteiger partial charge in [-0.1, -0.05) is 84.9 Å². The summed E-state index contributed by atoms with van der Waals surface area (Å²) in [6.45, 7) is 9.16. The molecule has 0 spiro atoms. The predicted molar refractivity (Wildman–Crippen MR) is 209 cm³/mol. The van der Waals surface area contributed by atoms with Crippen molar-refractivity contribution in [2.75, 3.05) is 7.11 Å². The fraction of sp³-hybridized carbons (Fsp3) is 0.463. The number of carboxylic acids is 2. The van der Waals surface area contributed by atoms with E-state index in [1.807, 2.05) is 84.9 Å². The summed E-state index contributed by atoms with van der Waals surface area (Å²) in [6.07, 6.45) is 11.9. The van der Waals surface area contributed by atoms with E-state index in [1.165, 1.54) is 51.4 Å². The quantitative estimate of drug-likeness (QED) is 0.0770. The Balaban J connectivity index is 0.000000618. The Hall–Kier alpha value is -2.10. The molecule has 4 aromatic rings. The van der Waals surface area contributed by atoms with Crippen LogP contribution in [0.5, 0.6) is 0 Å². The number of aliphatic hydroxyl groups excluding tert-OH is 1. The molecule has 4 aromatic carbocycles. The Kier molecular flexibility index (Phi) is 30.7. The second-order valence-electron chi connectivity index (χ2n) is 11.4. The maximum absolute atomic E-state index is 10.5. The summed E-state index contributed by atoms with van der Waals surface area (Å²) >= 11 is 0.299. The van der Waals surface area contributed by atoms with Gasteiger partial charge in [0.1, 0.15) is 0 Å². The van der Waals surface area contributed by atoms with Crippen LogP contribution in [-0.4, -0.2) is 76.7 Å². The van der Waals surface area contributed by atoms with Crippen LogP contribution in [0.15, 0.2) is 84.9 Å². The maximum atomic E-state index is 10.5. The van der Waals surface area contributed by atoms with Gasteiger partial charge in [0, 0.05) is 7.11 Å². The van der Waals surface area contributed by atoms with Crippen molar-refractivity contribution in [3.8, 4) is 0 Å². The van der Waals surface area contributed by atoms with Crippen LogP contribution >= 0.6 is 0 Å². The van der Waals surface area contributed by atoms with Gasteiger partial charge in [0.05, 0.1) is 12.8 Å². The monoisotopic (exact) mass is 872 g/mol. The van der Waals surface area contributed by atoms with Gasteiger partial charge in [0.15, 0.2) is 0 Å². The van der Waals surface area contributed by atoms with Gasteiger partial charge in [-0.05, 0) is 32.7 Å². The first-order valence-electron chi connectivity index (χ1n) is 17.6. The molecule has 0 bridgehead atoms. The molecular weight excluding hydrogens is 810 g/mol. The summed E-state index contributed by atoms with van der Waals surface area (Å²) < 4.78 is 6.50. The molecule has 0 aliphatic carbocycles. The third kappa shape index (κ3) is 24.1. The second-order valence-corrected chi connectivity index (χ2v) is 20.0. The molecule has 5 nitrogen and oxygen atoms in total. The van der Waals surface area contributed by atoms with Crippen molar-refractivity contribution >= 4 is 75.8 Å². The van der Waals surface area contributed by atoms with Gasteiger partial charge >= 0.3 is 151 Å². The van der Waals surface area contributed by atoms with Gasteiger partial charge in [-0.3, -0.25) is 9.59 Å². The number of carbonyl (C=O) groups is 2. The Labute approximate surface area is 311 Å². The van der Waals surface area contributed by atoms with E-state index in [2.05, 4.69) is 27.7 Å². The minimum atomic E-state index is -0.791. The Morgan fingerprint density at radius 3 is 1.04 bits per heavy atom. The van der Waals surface area contributed by atoms with Crippen LogP contribution in [0, 0.1) is 0 Å². The minimum absolute atomic E-state index is 0.0881. The van der Waals surface area contributed by atoms with Crippen LogP contribution in [0.4, 0.5) is 0 Å². The van der Waals surface area contributed by atoms with Gasteiger partial charge in [-0.15, -0.1) is 0 Å². The minimum Gasteiger partial charge on any atom is -0.481 e. The van der Waals surface area contributed by atoms with E-state index >= 15 is 0 Å². The van der Waals surface area contributed by atoms with E-state index in [4.69, 9.17) is 15.3 Å². The molecule has 262 valence electrons. The molecule has 3 N–H and O–H groups in total. The molecule has 4 rings (SSSR count). The summed E-state index contributed by atoms with van der Waals surface area (Å²) in [6, 6.07) is 27.3. The topological polar surface area (TPSA) is 94.8 Å². The van der Waals surface area contributed by atoms with E-state index in [0.29, 0.717) is 0 Å². The third-order valence-electron chi connectivity index (χ3n) is 7.17. The average Bonchev–Trinajstić information content (AvgIpc) is 3.09. The SMILES string of the molecule is CCC[CH2][Sn][CH2]CCC.CCC[CH2][Sn][CH2]CCC.CO.O=C(O)Cc1ccc2ccccc2c1.O=C(O)Cc1ccc2ccccc2c1. The molecule has 0 heterocycles. The molecule has 0 aliphatic rings. The van der Waals surface area contributed by atoms with E-state index in [-0.39, 0.29) is 55.1 Å². The van der Waals surface area contributed by atoms with Crippen molar-refractivity contribution in [1.82, 2.24) is 0 Å². The summed E-state index contributed by atoms with van der Waals surface area (Å²) in [7, 11) is 1.00. The molecule has 0 saturated carbocycles. The van der Waals surface area contributed by atoms with Crippen molar-refractivity contribution in [2.24, 2.45) is 0 Å². The zero-order chi connectivity index (χ0) is 35.8. The molecule has 0 atom stereocenters. The average molecular weight is 870 g/mol. The summed E-state index contributed by atoms with van der Waals surface area (Å²) in [5, 5.41) is 28.7. The number of hydrogen-bond donors (Lipinski definition) is 3. The first kappa shape index (κ1) is 45.9. The molecule has 0 fully saturated rings. The van der Waals surface area contributed by atoms with Gasteiger partial charge in [0.25, 0.3) is 0 Å². The largest absolute Gasteiger partial charge is 0.481 e. The molecule has 0 amide bonds. The molecular formula is C41H60O5Sn2. The number of benzene rings is 4. The summed E-state index contributed by atoms with van der Waals surface area (Å²) in [5.74, 6) is -1.58. The molecule has 0 aromatic heterocycles. The van der Waals surface area contributed by atoms with Crippen LogP contribution < -0.4 is 0 Å². The maximum Gasteiger partial charge on any atom is 0.307 e. The number of fused-ring (bicyclic) bond motifs is 2. The molecule has 48 heavy (non-hydrogen) atoms. The number of aliphatic carboxylic acids is 2. The van der Waals surface area contributed by atoms with E-state index in [1.54, 1.807) is 17.7 Å². The van der Waals surface area contributed by atoms with E-state index in [0.717, 1.165) is 39.8 Å². The molecule has 0 aliphatic heterocycles. The van der Waals surface area contributed by atoms with Crippen LogP contribution in [0.3, 0.4) is 0 Å². The summed E-state index contributed by atoms with van der Waals surface area (Å²) in [4.78, 5) is 21.0. The Morgan fingerprint density at radius 1 is 0.479 bits per heavy atom. The first-order chi connectivity index (χ1) is 23.3. The van der Waals surface area contributed by atoms with Crippen LogP contribution in [0.2, 0.25) is 17.7 Å². The fourth-order valence-corrected chi connectivity index (χ4v) is 12.8. The number of unbranched alkanes of at least 4 members (excludes halogenated alkanes) is 4. The molecule has 0 unspecified atom stereocenters. The summed E-state index contributed by atoms with van der Waals surface area (Å²) in [5.41, 5.74) is 1.69. The smallest absolute Gasteiger partial charge is 0.307 e. The molecule has 7 heteroatoms. The van der Waals surface area contributed by atoms with Crippen LogP contribution in [0.1, 0.15) is 90.2 Å². The zero-order valence-electron chi connectivity index (χ0n) is 30.1. The number of carboxylic acid groups (broad SMARTS) is 2. The Morgan fingerprint density at radius 2 is 0.771 bits per heavy atom. The number of aliphatic hydroxyl groups is 1. The number of hydrogen-bond acceptors (Lipinski definition) is 3. The van der Waals surface area contributed by atoms with Crippen molar-refractivity contribution in [2.45, 2.75) is 110 Å². The fourth-order valence-electron chi connectivity index (χ4n) is 4.50. The van der Waals surface area contributed by atoms with E-state index in [9.17, 15) is 9.59 Å². The Bertz CT molecular complexity index is 1260. The van der Waals surface area contributed by atoms with Crippen molar-refractivity contribution < 1.29 is 24.9 Å². The van der Waals surface area contributed by atoms with Crippen LogP contribution in [-0.2, 0) is 22.4 Å². The van der Waals surface area contributed by atoms with Gasteiger partial charge in [-0.25, -0.2) is 0 Å². The standard InChI is InChI=1S/2C12H10O2.4C4H9.CH4O.2Sn/c2*13-12(14)8-9-5-6-10-3-1-2-4-11(10)7-9;4*1-3-4-2;1-2;;/h2*1-7H,8H2,(H,13,14);4*1,3-4H2,2H3;2H,1H3;;. The van der Waals surface area contributed by atoms with Gasteiger partial charge in [-0.2, -0.15) is 0 Å². The molecule has 0 saturated heterocycles.